The molecular formula is C16H18BrN5O2. The van der Waals surface area contributed by atoms with Crippen molar-refractivity contribution in [1.29, 1.82) is 0 Å². The van der Waals surface area contributed by atoms with Crippen molar-refractivity contribution in [3.8, 4) is 5.75 Å². The van der Waals surface area contributed by atoms with Gasteiger partial charge in [-0.05, 0) is 54.9 Å². The summed E-state index contributed by atoms with van der Waals surface area (Å²) in [4.78, 5) is 24.2. The van der Waals surface area contributed by atoms with Crippen LogP contribution in [0.1, 0.15) is 33.1 Å². The number of aliphatic imine (C=N–C) groups is 1. The molecule has 1 heterocycles. The summed E-state index contributed by atoms with van der Waals surface area (Å²) >= 11 is 3.38. The van der Waals surface area contributed by atoms with Gasteiger partial charge in [0.15, 0.2) is 5.96 Å². The number of hydrogen-bond acceptors (Lipinski definition) is 4. The number of aromatic nitrogens is 2. The van der Waals surface area contributed by atoms with Crippen LogP contribution in [-0.4, -0.2) is 21.8 Å². The van der Waals surface area contributed by atoms with Gasteiger partial charge >= 0.3 is 0 Å². The van der Waals surface area contributed by atoms with Crippen LogP contribution in [0, 0.1) is 20.8 Å². The van der Waals surface area contributed by atoms with Gasteiger partial charge in [-0.25, -0.2) is 0 Å². The van der Waals surface area contributed by atoms with E-state index in [0.29, 0.717) is 15.8 Å². The van der Waals surface area contributed by atoms with Crippen LogP contribution in [-0.2, 0) is 6.61 Å². The number of rotatable bonds is 4. The first-order valence-corrected chi connectivity index (χ1v) is 7.94. The fourth-order valence-corrected chi connectivity index (χ4v) is 2.47. The fourth-order valence-electron chi connectivity index (χ4n) is 1.98. The van der Waals surface area contributed by atoms with Gasteiger partial charge in [0, 0.05) is 5.56 Å². The number of carbonyl (C=O) groups excluding carboxylic acids is 1. The predicted octanol–water partition coefficient (Wildman–Crippen LogP) is 2.16. The lowest BCUT2D eigenvalue weighted by atomic mass is 10.2. The maximum Gasteiger partial charge on any atom is 0.280 e. The molecular weight excluding hydrogens is 374 g/mol. The van der Waals surface area contributed by atoms with Crippen molar-refractivity contribution < 1.29 is 9.53 Å². The minimum absolute atomic E-state index is 0.278. The predicted molar refractivity (Wildman–Crippen MR) is 94.9 cm³/mol. The van der Waals surface area contributed by atoms with Gasteiger partial charge in [0.2, 0.25) is 0 Å². The van der Waals surface area contributed by atoms with Crippen molar-refractivity contribution in [1.82, 2.24) is 9.97 Å². The quantitative estimate of drug-likeness (QED) is 0.608. The van der Waals surface area contributed by atoms with E-state index in [1.54, 1.807) is 18.2 Å². The number of guanidine groups is 1. The maximum absolute atomic E-state index is 11.8. The number of halogens is 1. The standard InChI is InChI=1S/C16H18BrN5O2/c1-8-9(2)21-13(10(3)20-8)7-24-14-5-4-11(6-12(14)17)15(23)22-16(18)19/h4-6H,7H2,1-3H3,(H4,18,19,22,23). The third kappa shape index (κ3) is 4.29. The first kappa shape index (κ1) is 17.9. The van der Waals surface area contributed by atoms with Crippen molar-refractivity contribution >= 4 is 27.8 Å². The van der Waals surface area contributed by atoms with E-state index >= 15 is 0 Å². The van der Waals surface area contributed by atoms with Crippen molar-refractivity contribution in [3.63, 3.8) is 0 Å². The van der Waals surface area contributed by atoms with Crippen molar-refractivity contribution in [2.24, 2.45) is 16.5 Å². The Morgan fingerprint density at radius 3 is 2.46 bits per heavy atom. The number of benzene rings is 1. The summed E-state index contributed by atoms with van der Waals surface area (Å²) < 4.78 is 6.39. The van der Waals surface area contributed by atoms with Crippen LogP contribution in [0.25, 0.3) is 0 Å². The molecule has 126 valence electrons. The lowest BCUT2D eigenvalue weighted by Crippen LogP contribution is -2.24. The number of nitrogens with zero attached hydrogens (tertiary/aromatic N) is 3. The Kier molecular flexibility index (Phi) is 5.50. The van der Waals surface area contributed by atoms with Gasteiger partial charge in [-0.15, -0.1) is 0 Å². The Balaban J connectivity index is 2.16. The van der Waals surface area contributed by atoms with Gasteiger partial charge in [0.05, 0.1) is 27.2 Å². The molecule has 2 rings (SSSR count). The number of nitrogens with two attached hydrogens (primary N) is 2. The average molecular weight is 392 g/mol. The van der Waals surface area contributed by atoms with Crippen LogP contribution in [0.5, 0.6) is 5.75 Å². The van der Waals surface area contributed by atoms with E-state index in [1.807, 2.05) is 20.8 Å². The number of aryl methyl sites for hydroxylation is 3. The van der Waals surface area contributed by atoms with Crippen LogP contribution in [0.3, 0.4) is 0 Å². The van der Waals surface area contributed by atoms with E-state index in [0.717, 1.165) is 22.8 Å². The highest BCUT2D eigenvalue weighted by molar-refractivity contribution is 9.10. The Morgan fingerprint density at radius 1 is 1.17 bits per heavy atom. The molecule has 8 heteroatoms. The van der Waals surface area contributed by atoms with Gasteiger partial charge in [-0.1, -0.05) is 0 Å². The lowest BCUT2D eigenvalue weighted by Gasteiger charge is -2.11. The third-order valence-electron chi connectivity index (χ3n) is 3.35. The minimum Gasteiger partial charge on any atom is -0.486 e. The molecule has 1 amide bonds. The topological polar surface area (TPSA) is 116 Å². The van der Waals surface area contributed by atoms with Crippen LogP contribution >= 0.6 is 15.9 Å². The first-order valence-electron chi connectivity index (χ1n) is 7.15. The molecule has 1 aromatic heterocycles. The Labute approximate surface area is 148 Å². The Hall–Kier alpha value is -2.48. The largest absolute Gasteiger partial charge is 0.486 e. The molecule has 4 N–H and O–H groups in total. The number of carbonyl (C=O) groups is 1. The van der Waals surface area contributed by atoms with Crippen molar-refractivity contribution in [2.75, 3.05) is 0 Å². The SMILES string of the molecule is Cc1nc(C)c(COc2ccc(C(=O)N=C(N)N)cc2Br)nc1C. The highest BCUT2D eigenvalue weighted by atomic mass is 79.9. The van der Waals surface area contributed by atoms with E-state index in [9.17, 15) is 4.79 Å². The maximum atomic E-state index is 11.8. The fraction of sp³-hybridized carbons (Fsp3) is 0.250. The zero-order chi connectivity index (χ0) is 17.9. The van der Waals surface area contributed by atoms with Gasteiger partial charge in [0.25, 0.3) is 5.91 Å². The number of ether oxygens (including phenoxy) is 1. The molecule has 0 atom stereocenters. The molecule has 0 radical (unpaired) electrons. The average Bonchev–Trinajstić information content (AvgIpc) is 2.49. The summed E-state index contributed by atoms with van der Waals surface area (Å²) in [7, 11) is 0. The van der Waals surface area contributed by atoms with E-state index in [4.69, 9.17) is 16.2 Å². The molecule has 7 nitrogen and oxygen atoms in total. The van der Waals surface area contributed by atoms with Gasteiger partial charge in [0.1, 0.15) is 12.4 Å². The highest BCUT2D eigenvalue weighted by Gasteiger charge is 2.11. The van der Waals surface area contributed by atoms with Crippen LogP contribution in [0.15, 0.2) is 27.7 Å². The number of amides is 1. The highest BCUT2D eigenvalue weighted by Crippen LogP contribution is 2.27. The minimum atomic E-state index is -0.516. The van der Waals surface area contributed by atoms with Gasteiger partial charge in [-0.2, -0.15) is 4.99 Å². The summed E-state index contributed by atoms with van der Waals surface area (Å²) in [5.74, 6) is -0.214. The van der Waals surface area contributed by atoms with E-state index in [2.05, 4.69) is 30.9 Å². The second-order valence-corrected chi connectivity index (χ2v) is 6.06. The molecule has 0 aliphatic carbocycles. The second kappa shape index (κ2) is 7.39. The van der Waals surface area contributed by atoms with E-state index in [1.165, 1.54) is 0 Å². The summed E-state index contributed by atoms with van der Waals surface area (Å²) in [5, 5.41) is 0. The zero-order valence-corrected chi connectivity index (χ0v) is 15.2. The van der Waals surface area contributed by atoms with E-state index < -0.39 is 5.91 Å². The molecule has 24 heavy (non-hydrogen) atoms. The first-order chi connectivity index (χ1) is 11.3. The summed E-state index contributed by atoms with van der Waals surface area (Å²) in [6.07, 6.45) is 0. The summed E-state index contributed by atoms with van der Waals surface area (Å²) in [6, 6.07) is 4.86. The molecule has 0 spiro atoms. The molecule has 1 aromatic carbocycles. The zero-order valence-electron chi connectivity index (χ0n) is 13.6. The monoisotopic (exact) mass is 391 g/mol. The van der Waals surface area contributed by atoms with Gasteiger partial charge < -0.3 is 16.2 Å². The number of hydrogen-bond donors (Lipinski definition) is 2. The van der Waals surface area contributed by atoms with Crippen LogP contribution in [0.2, 0.25) is 0 Å². The summed E-state index contributed by atoms with van der Waals surface area (Å²) in [5.41, 5.74) is 14.1. The molecule has 0 fully saturated rings. The van der Waals surface area contributed by atoms with Crippen molar-refractivity contribution in [3.05, 3.63) is 51.0 Å². The normalized spacial score (nSPS) is 10.3. The smallest absolute Gasteiger partial charge is 0.280 e. The van der Waals surface area contributed by atoms with E-state index in [-0.39, 0.29) is 12.6 Å². The molecule has 0 saturated carbocycles. The van der Waals surface area contributed by atoms with Crippen LogP contribution < -0.4 is 16.2 Å². The third-order valence-corrected chi connectivity index (χ3v) is 3.97. The Bertz CT molecular complexity index is 816. The van der Waals surface area contributed by atoms with Crippen molar-refractivity contribution in [2.45, 2.75) is 27.4 Å². The lowest BCUT2D eigenvalue weighted by molar-refractivity contribution is 0.100. The molecule has 2 aromatic rings. The summed E-state index contributed by atoms with van der Waals surface area (Å²) in [6.45, 7) is 6.00. The molecule has 0 saturated heterocycles. The van der Waals surface area contributed by atoms with Gasteiger partial charge in [-0.3, -0.25) is 14.8 Å². The second-order valence-electron chi connectivity index (χ2n) is 5.20. The Morgan fingerprint density at radius 2 is 1.83 bits per heavy atom. The molecule has 0 unspecified atom stereocenters. The molecule has 0 bridgehead atoms. The molecule has 0 aliphatic heterocycles. The van der Waals surface area contributed by atoms with Crippen LogP contribution in [0.4, 0.5) is 0 Å². The molecule has 0 aliphatic rings.